The number of aromatic nitrogens is 5. The van der Waals surface area contributed by atoms with Gasteiger partial charge in [0.15, 0.2) is 5.82 Å². The Bertz CT molecular complexity index is 884. The van der Waals surface area contributed by atoms with Crippen molar-refractivity contribution in [2.75, 3.05) is 6.54 Å². The minimum absolute atomic E-state index is 0.0479. The highest BCUT2D eigenvalue weighted by Gasteiger charge is 2.32. The summed E-state index contributed by atoms with van der Waals surface area (Å²) < 4.78 is 2.04. The summed E-state index contributed by atoms with van der Waals surface area (Å²) in [6.45, 7) is 3.31. The van der Waals surface area contributed by atoms with Crippen molar-refractivity contribution in [2.45, 2.75) is 38.8 Å². The normalized spacial score (nSPS) is 17.4. The molecule has 1 aliphatic rings. The van der Waals surface area contributed by atoms with Crippen molar-refractivity contribution in [3.8, 4) is 0 Å². The van der Waals surface area contributed by atoms with Crippen LogP contribution in [0.5, 0.6) is 0 Å². The number of rotatable bonds is 4. The first-order chi connectivity index (χ1) is 12.7. The molecule has 3 aromatic rings. The molecule has 0 unspecified atom stereocenters. The fourth-order valence-electron chi connectivity index (χ4n) is 3.54. The lowest BCUT2D eigenvalue weighted by atomic mass is 10.0. The molecule has 1 saturated heterocycles. The molecule has 0 bridgehead atoms. The molecule has 1 aromatic carbocycles. The predicted octanol–water partition coefficient (Wildman–Crippen LogP) is 2.73. The molecule has 1 atom stereocenters. The molecule has 0 saturated carbocycles. The maximum Gasteiger partial charge on any atom is 0.274 e. The van der Waals surface area contributed by atoms with Gasteiger partial charge in [0.05, 0.1) is 12.6 Å². The quantitative estimate of drug-likeness (QED) is 0.784. The first kappa shape index (κ1) is 16.5. The number of hydrogen-bond donors (Lipinski definition) is 1. The maximum absolute atomic E-state index is 13.0. The number of carbonyl (C=O) groups excluding carboxylic acids is 1. The van der Waals surface area contributed by atoms with E-state index in [2.05, 4.69) is 32.5 Å². The number of nitrogens with zero attached hydrogens (tertiary/aromatic N) is 5. The van der Waals surface area contributed by atoms with Crippen molar-refractivity contribution in [1.29, 1.82) is 0 Å². The van der Waals surface area contributed by atoms with Gasteiger partial charge in [0.2, 0.25) is 0 Å². The van der Waals surface area contributed by atoms with Crippen LogP contribution in [0.1, 0.15) is 52.9 Å². The molecule has 1 amide bonds. The van der Waals surface area contributed by atoms with Gasteiger partial charge in [-0.3, -0.25) is 9.89 Å². The van der Waals surface area contributed by atoms with E-state index in [0.717, 1.165) is 30.8 Å². The Morgan fingerprint density at radius 1 is 1.27 bits per heavy atom. The largest absolute Gasteiger partial charge is 0.327 e. The first-order valence-electron chi connectivity index (χ1n) is 8.97. The van der Waals surface area contributed by atoms with Crippen LogP contribution in [0.2, 0.25) is 0 Å². The van der Waals surface area contributed by atoms with Crippen LogP contribution in [0.4, 0.5) is 0 Å². The van der Waals surface area contributed by atoms with Crippen LogP contribution in [-0.2, 0) is 6.54 Å². The highest BCUT2D eigenvalue weighted by molar-refractivity contribution is 5.92. The molecule has 0 aliphatic carbocycles. The second kappa shape index (κ2) is 7.11. The van der Waals surface area contributed by atoms with Crippen LogP contribution >= 0.6 is 0 Å². The highest BCUT2D eigenvalue weighted by atomic mass is 16.2. The SMILES string of the molecule is Cc1cc(C(=O)N2CCCC[C@@H]2c2nncn2Cc2ccccc2)n[nH]1. The van der Waals surface area contributed by atoms with Gasteiger partial charge in [-0.1, -0.05) is 30.3 Å². The Hall–Kier alpha value is -2.96. The van der Waals surface area contributed by atoms with Gasteiger partial charge < -0.3 is 9.47 Å². The number of piperidine rings is 1. The van der Waals surface area contributed by atoms with Gasteiger partial charge in [-0.2, -0.15) is 5.10 Å². The number of carbonyl (C=O) groups is 1. The third-order valence-corrected chi connectivity index (χ3v) is 4.83. The van der Waals surface area contributed by atoms with Crippen LogP contribution in [-0.4, -0.2) is 42.3 Å². The summed E-state index contributed by atoms with van der Waals surface area (Å²) >= 11 is 0. The summed E-state index contributed by atoms with van der Waals surface area (Å²) in [5.74, 6) is 0.794. The maximum atomic E-state index is 13.0. The fourth-order valence-corrected chi connectivity index (χ4v) is 3.54. The Balaban J connectivity index is 1.61. The highest BCUT2D eigenvalue weighted by Crippen LogP contribution is 2.31. The predicted molar refractivity (Wildman–Crippen MR) is 96.5 cm³/mol. The summed E-state index contributed by atoms with van der Waals surface area (Å²) in [6, 6.07) is 11.9. The van der Waals surface area contributed by atoms with Crippen LogP contribution in [0.15, 0.2) is 42.7 Å². The Morgan fingerprint density at radius 3 is 2.88 bits per heavy atom. The van der Waals surface area contributed by atoms with Crippen LogP contribution in [0, 0.1) is 6.92 Å². The third kappa shape index (κ3) is 3.24. The number of hydrogen-bond acceptors (Lipinski definition) is 4. The molecule has 1 aliphatic heterocycles. The number of aryl methyl sites for hydroxylation is 1. The molecular formula is C19H22N6O. The van der Waals surface area contributed by atoms with Crippen LogP contribution in [0.3, 0.4) is 0 Å². The summed E-state index contributed by atoms with van der Waals surface area (Å²) in [7, 11) is 0. The summed E-state index contributed by atoms with van der Waals surface area (Å²) in [4.78, 5) is 14.9. The molecule has 0 spiro atoms. The van der Waals surface area contributed by atoms with E-state index < -0.39 is 0 Å². The van der Waals surface area contributed by atoms with E-state index in [1.54, 1.807) is 12.4 Å². The number of H-pyrrole nitrogens is 1. The van der Waals surface area contributed by atoms with Gasteiger partial charge in [-0.15, -0.1) is 10.2 Å². The topological polar surface area (TPSA) is 79.7 Å². The van der Waals surface area contributed by atoms with Gasteiger partial charge in [0, 0.05) is 12.2 Å². The zero-order valence-electron chi connectivity index (χ0n) is 14.8. The van der Waals surface area contributed by atoms with Gasteiger partial charge in [-0.05, 0) is 37.8 Å². The van der Waals surface area contributed by atoms with Crippen molar-refractivity contribution in [1.82, 2.24) is 29.9 Å². The number of likely N-dealkylation sites (tertiary alicyclic amines) is 1. The smallest absolute Gasteiger partial charge is 0.274 e. The molecule has 1 fully saturated rings. The molecule has 7 heteroatoms. The molecule has 7 nitrogen and oxygen atoms in total. The molecule has 4 rings (SSSR count). The molecule has 134 valence electrons. The molecule has 2 aromatic heterocycles. The molecule has 26 heavy (non-hydrogen) atoms. The van der Waals surface area contributed by atoms with E-state index in [9.17, 15) is 4.79 Å². The summed E-state index contributed by atoms with van der Waals surface area (Å²) in [5, 5.41) is 15.5. The van der Waals surface area contributed by atoms with Crippen molar-refractivity contribution in [3.05, 3.63) is 65.5 Å². The molecule has 3 heterocycles. The first-order valence-corrected chi connectivity index (χ1v) is 8.97. The van der Waals surface area contributed by atoms with E-state index >= 15 is 0 Å². The number of amides is 1. The minimum Gasteiger partial charge on any atom is -0.327 e. The monoisotopic (exact) mass is 350 g/mol. The van der Waals surface area contributed by atoms with E-state index in [1.165, 1.54) is 5.56 Å². The third-order valence-electron chi connectivity index (χ3n) is 4.83. The van der Waals surface area contributed by atoms with Gasteiger partial charge in [-0.25, -0.2) is 0 Å². The Kier molecular flexibility index (Phi) is 4.51. The van der Waals surface area contributed by atoms with E-state index in [0.29, 0.717) is 18.8 Å². The average molecular weight is 350 g/mol. The zero-order chi connectivity index (χ0) is 17.9. The lowest BCUT2D eigenvalue weighted by Crippen LogP contribution is -2.40. The van der Waals surface area contributed by atoms with Crippen molar-refractivity contribution < 1.29 is 4.79 Å². The number of benzene rings is 1. The standard InChI is InChI=1S/C19H22N6O/c1-14-11-16(22-21-14)19(26)25-10-6-5-9-17(25)18-23-20-13-24(18)12-15-7-3-2-4-8-15/h2-4,7-8,11,13,17H,5-6,9-10,12H2,1H3,(H,21,22)/t17-/m1/s1. The number of nitrogens with one attached hydrogen (secondary N) is 1. The van der Waals surface area contributed by atoms with Crippen molar-refractivity contribution >= 4 is 5.91 Å². The van der Waals surface area contributed by atoms with Gasteiger partial charge in [0.1, 0.15) is 12.0 Å². The van der Waals surface area contributed by atoms with Crippen LogP contribution < -0.4 is 0 Å². The van der Waals surface area contributed by atoms with Crippen LogP contribution in [0.25, 0.3) is 0 Å². The van der Waals surface area contributed by atoms with E-state index in [4.69, 9.17) is 0 Å². The summed E-state index contributed by atoms with van der Waals surface area (Å²) in [6.07, 6.45) is 4.71. The Labute approximate surface area is 152 Å². The Morgan fingerprint density at radius 2 is 2.12 bits per heavy atom. The lowest BCUT2D eigenvalue weighted by molar-refractivity contribution is 0.0589. The second-order valence-corrected chi connectivity index (χ2v) is 6.75. The van der Waals surface area contributed by atoms with E-state index in [-0.39, 0.29) is 11.9 Å². The van der Waals surface area contributed by atoms with Crippen molar-refractivity contribution in [3.63, 3.8) is 0 Å². The molecule has 0 radical (unpaired) electrons. The number of aromatic amines is 1. The van der Waals surface area contributed by atoms with E-state index in [1.807, 2.05) is 34.6 Å². The molecular weight excluding hydrogens is 328 g/mol. The van der Waals surface area contributed by atoms with Gasteiger partial charge in [0.25, 0.3) is 5.91 Å². The fraction of sp³-hybridized carbons (Fsp3) is 0.368. The molecule has 1 N–H and O–H groups in total. The second-order valence-electron chi connectivity index (χ2n) is 6.75. The minimum atomic E-state index is -0.0699. The summed E-state index contributed by atoms with van der Waals surface area (Å²) in [5.41, 5.74) is 2.53. The van der Waals surface area contributed by atoms with Crippen molar-refractivity contribution in [2.24, 2.45) is 0 Å². The average Bonchev–Trinajstić information content (AvgIpc) is 3.31. The van der Waals surface area contributed by atoms with Gasteiger partial charge >= 0.3 is 0 Å². The lowest BCUT2D eigenvalue weighted by Gasteiger charge is -2.34. The zero-order valence-corrected chi connectivity index (χ0v) is 14.8.